The molecule has 2 aromatic carbocycles. The molecule has 0 fully saturated rings. The first-order chi connectivity index (χ1) is 10.6. The van der Waals surface area contributed by atoms with Gasteiger partial charge in [-0.3, -0.25) is 4.79 Å². The van der Waals surface area contributed by atoms with E-state index < -0.39 is 0 Å². The first-order valence-corrected chi connectivity index (χ1v) is 7.84. The molecule has 1 heterocycles. The fourth-order valence-electron chi connectivity index (χ4n) is 1.98. The Kier molecular flexibility index (Phi) is 4.44. The molecule has 3 rings (SSSR count). The smallest absolute Gasteiger partial charge is 0.256 e. The Morgan fingerprint density at radius 2 is 2.09 bits per heavy atom. The molecule has 1 amide bonds. The zero-order valence-corrected chi connectivity index (χ0v) is 14.1. The Bertz CT molecular complexity index is 819. The van der Waals surface area contributed by atoms with E-state index in [0.29, 0.717) is 22.0 Å². The Balaban J connectivity index is 1.84. The van der Waals surface area contributed by atoms with E-state index in [4.69, 9.17) is 16.0 Å². The zero-order chi connectivity index (χ0) is 15.5. The fourth-order valence-corrected chi connectivity index (χ4v) is 3.10. The van der Waals surface area contributed by atoms with Crippen molar-refractivity contribution in [3.8, 4) is 11.3 Å². The van der Waals surface area contributed by atoms with E-state index >= 15 is 0 Å². The maximum absolute atomic E-state index is 12.3. The number of hydrogen-bond acceptors (Lipinski definition) is 3. The van der Waals surface area contributed by atoms with Crippen LogP contribution in [0.3, 0.4) is 0 Å². The van der Waals surface area contributed by atoms with Crippen LogP contribution in [-0.4, -0.2) is 10.9 Å². The summed E-state index contributed by atoms with van der Waals surface area (Å²) in [6.45, 7) is 0. The van der Waals surface area contributed by atoms with Crippen LogP contribution in [0.1, 0.15) is 10.4 Å². The summed E-state index contributed by atoms with van der Waals surface area (Å²) in [5.74, 6) is 0.466. The number of nitrogens with zero attached hydrogens (tertiary/aromatic N) is 1. The minimum Gasteiger partial charge on any atom is -0.444 e. The van der Waals surface area contributed by atoms with Crippen LogP contribution in [0.2, 0.25) is 5.02 Å². The second kappa shape index (κ2) is 6.50. The van der Waals surface area contributed by atoms with Crippen LogP contribution in [0.4, 0.5) is 5.69 Å². The standard InChI is InChI=1S/C16H10ClIN2O2/c17-11-4-5-13(14(18)7-11)16(21)20-12-3-1-2-10(6-12)15-8-19-9-22-15/h1-9H,(H,20,21). The van der Waals surface area contributed by atoms with E-state index in [1.54, 1.807) is 24.4 Å². The molecule has 0 saturated heterocycles. The summed E-state index contributed by atoms with van der Waals surface area (Å²) in [5, 5.41) is 3.48. The SMILES string of the molecule is O=C(Nc1cccc(-c2cnco2)c1)c1ccc(Cl)cc1I. The highest BCUT2D eigenvalue weighted by Gasteiger charge is 2.11. The van der Waals surface area contributed by atoms with Crippen molar-refractivity contribution in [2.24, 2.45) is 0 Å². The molecule has 3 aromatic rings. The molecule has 22 heavy (non-hydrogen) atoms. The Morgan fingerprint density at radius 1 is 1.23 bits per heavy atom. The summed E-state index contributed by atoms with van der Waals surface area (Å²) in [6.07, 6.45) is 3.00. The largest absolute Gasteiger partial charge is 0.444 e. The lowest BCUT2D eigenvalue weighted by atomic mass is 10.1. The van der Waals surface area contributed by atoms with Gasteiger partial charge in [-0.15, -0.1) is 0 Å². The van der Waals surface area contributed by atoms with Gasteiger partial charge in [0.2, 0.25) is 0 Å². The molecule has 6 heteroatoms. The predicted molar refractivity (Wildman–Crippen MR) is 94.1 cm³/mol. The average molecular weight is 425 g/mol. The molecule has 0 aliphatic heterocycles. The molecule has 0 atom stereocenters. The summed E-state index contributed by atoms with van der Waals surface area (Å²) in [5.41, 5.74) is 2.11. The van der Waals surface area contributed by atoms with Gasteiger partial charge in [-0.05, 0) is 52.9 Å². The van der Waals surface area contributed by atoms with Gasteiger partial charge in [0.05, 0.1) is 11.8 Å². The number of rotatable bonds is 3. The molecular formula is C16H10ClIN2O2. The van der Waals surface area contributed by atoms with E-state index in [2.05, 4.69) is 32.9 Å². The Morgan fingerprint density at radius 3 is 2.82 bits per heavy atom. The number of halogens is 2. The molecule has 1 aromatic heterocycles. The highest BCUT2D eigenvalue weighted by Crippen LogP contribution is 2.23. The van der Waals surface area contributed by atoms with Crippen LogP contribution < -0.4 is 5.32 Å². The third-order valence-corrected chi connectivity index (χ3v) is 4.14. The van der Waals surface area contributed by atoms with Crippen molar-refractivity contribution in [1.29, 1.82) is 0 Å². The van der Waals surface area contributed by atoms with Crippen LogP contribution in [0, 0.1) is 3.57 Å². The predicted octanol–water partition coefficient (Wildman–Crippen LogP) is 4.85. The van der Waals surface area contributed by atoms with E-state index in [-0.39, 0.29) is 5.91 Å². The van der Waals surface area contributed by atoms with Crippen molar-refractivity contribution in [2.45, 2.75) is 0 Å². The van der Waals surface area contributed by atoms with Crippen molar-refractivity contribution >= 4 is 45.8 Å². The van der Waals surface area contributed by atoms with E-state index in [9.17, 15) is 4.79 Å². The van der Waals surface area contributed by atoms with Crippen LogP contribution in [0.15, 0.2) is 59.5 Å². The van der Waals surface area contributed by atoms with Gasteiger partial charge in [-0.1, -0.05) is 23.7 Å². The number of carbonyl (C=O) groups is 1. The third kappa shape index (κ3) is 3.31. The third-order valence-electron chi connectivity index (χ3n) is 3.01. The topological polar surface area (TPSA) is 55.1 Å². The Labute approximate surface area is 145 Å². The summed E-state index contributed by atoms with van der Waals surface area (Å²) in [4.78, 5) is 16.2. The van der Waals surface area contributed by atoms with E-state index in [1.165, 1.54) is 6.39 Å². The normalized spacial score (nSPS) is 10.5. The lowest BCUT2D eigenvalue weighted by Crippen LogP contribution is -2.13. The first-order valence-electron chi connectivity index (χ1n) is 6.39. The highest BCUT2D eigenvalue weighted by atomic mass is 127. The van der Waals surface area contributed by atoms with Crippen molar-refractivity contribution in [3.63, 3.8) is 0 Å². The van der Waals surface area contributed by atoms with Crippen molar-refractivity contribution in [2.75, 3.05) is 5.32 Å². The van der Waals surface area contributed by atoms with E-state index in [0.717, 1.165) is 9.13 Å². The number of oxazole rings is 1. The second-order valence-electron chi connectivity index (χ2n) is 4.52. The molecule has 0 saturated carbocycles. The highest BCUT2D eigenvalue weighted by molar-refractivity contribution is 14.1. The summed E-state index contributed by atoms with van der Waals surface area (Å²) in [7, 11) is 0. The monoisotopic (exact) mass is 424 g/mol. The van der Waals surface area contributed by atoms with Gasteiger partial charge in [0.15, 0.2) is 12.2 Å². The van der Waals surface area contributed by atoms with Gasteiger partial charge in [-0.2, -0.15) is 0 Å². The number of carbonyl (C=O) groups excluding carboxylic acids is 1. The molecule has 0 spiro atoms. The quantitative estimate of drug-likeness (QED) is 0.612. The summed E-state index contributed by atoms with van der Waals surface area (Å²) in [6, 6.07) is 12.6. The van der Waals surface area contributed by atoms with E-state index in [1.807, 2.05) is 24.3 Å². The number of amides is 1. The summed E-state index contributed by atoms with van der Waals surface area (Å²) >= 11 is 8.00. The summed E-state index contributed by atoms with van der Waals surface area (Å²) < 4.78 is 6.06. The molecule has 110 valence electrons. The van der Waals surface area contributed by atoms with Gasteiger partial charge < -0.3 is 9.73 Å². The molecule has 0 radical (unpaired) electrons. The number of anilines is 1. The van der Waals surface area contributed by atoms with Crippen LogP contribution >= 0.6 is 34.2 Å². The first kappa shape index (κ1) is 15.1. The van der Waals surface area contributed by atoms with Crippen LogP contribution in [0.25, 0.3) is 11.3 Å². The molecule has 4 nitrogen and oxygen atoms in total. The number of benzene rings is 2. The van der Waals surface area contributed by atoms with Crippen LogP contribution in [0.5, 0.6) is 0 Å². The van der Waals surface area contributed by atoms with Crippen LogP contribution in [-0.2, 0) is 0 Å². The minimum atomic E-state index is -0.184. The molecule has 0 bridgehead atoms. The van der Waals surface area contributed by atoms with Crippen molar-refractivity contribution in [1.82, 2.24) is 4.98 Å². The van der Waals surface area contributed by atoms with Crippen molar-refractivity contribution in [3.05, 3.63) is 69.2 Å². The lowest BCUT2D eigenvalue weighted by molar-refractivity contribution is 0.102. The fraction of sp³-hybridized carbons (Fsp3) is 0. The number of aromatic nitrogens is 1. The molecule has 0 aliphatic carbocycles. The van der Waals surface area contributed by atoms with Gasteiger partial charge in [0, 0.05) is 19.8 Å². The van der Waals surface area contributed by atoms with Gasteiger partial charge >= 0.3 is 0 Å². The van der Waals surface area contributed by atoms with Gasteiger partial charge in [-0.25, -0.2) is 4.98 Å². The molecular weight excluding hydrogens is 415 g/mol. The number of nitrogens with one attached hydrogen (secondary N) is 1. The van der Waals surface area contributed by atoms with Crippen molar-refractivity contribution < 1.29 is 9.21 Å². The zero-order valence-electron chi connectivity index (χ0n) is 11.2. The van der Waals surface area contributed by atoms with Gasteiger partial charge in [0.1, 0.15) is 0 Å². The lowest BCUT2D eigenvalue weighted by Gasteiger charge is -2.08. The Hall–Kier alpha value is -1.86. The maximum atomic E-state index is 12.3. The minimum absolute atomic E-state index is 0.184. The molecule has 0 aliphatic rings. The molecule has 0 unspecified atom stereocenters. The number of hydrogen-bond donors (Lipinski definition) is 1. The molecule has 1 N–H and O–H groups in total. The van der Waals surface area contributed by atoms with Gasteiger partial charge in [0.25, 0.3) is 5.91 Å². The second-order valence-corrected chi connectivity index (χ2v) is 6.12. The maximum Gasteiger partial charge on any atom is 0.256 e. The average Bonchev–Trinajstić information content (AvgIpc) is 3.01.